The number of carbonyl (C=O) groups is 2. The van der Waals surface area contributed by atoms with Gasteiger partial charge in [-0.05, 0) is 11.6 Å². The lowest BCUT2D eigenvalue weighted by Gasteiger charge is -2.43. The summed E-state index contributed by atoms with van der Waals surface area (Å²) in [7, 11) is 1.77. The van der Waals surface area contributed by atoms with Crippen LogP contribution in [0.5, 0.6) is 0 Å². The standard InChI is InChI=1S/C19H23FN6O2/c1-24-8-7-14(23-24)18(28)25-9-11-26(12-10-25)19-21-16(15(20)17(27)22-19)13-5-3-2-4-6-13/h2-8,15-16,19,21H,9-12H2,1H3,(H,22,27). The fourth-order valence-corrected chi connectivity index (χ4v) is 3.66. The first kappa shape index (κ1) is 18.6. The van der Waals surface area contributed by atoms with Crippen LogP contribution in [0, 0.1) is 0 Å². The second-order valence-electron chi connectivity index (χ2n) is 7.07. The molecule has 3 atom stereocenters. The fourth-order valence-electron chi connectivity index (χ4n) is 3.66. The molecule has 2 fully saturated rings. The Bertz CT molecular complexity index is 849. The summed E-state index contributed by atoms with van der Waals surface area (Å²) in [6.07, 6.45) is -0.385. The van der Waals surface area contributed by atoms with Crippen LogP contribution in [0.25, 0.3) is 0 Å². The molecule has 28 heavy (non-hydrogen) atoms. The Morgan fingerprint density at radius 2 is 1.86 bits per heavy atom. The summed E-state index contributed by atoms with van der Waals surface area (Å²) in [6, 6.07) is 10.1. The van der Waals surface area contributed by atoms with Crippen LogP contribution in [-0.2, 0) is 11.8 Å². The maximum atomic E-state index is 14.5. The van der Waals surface area contributed by atoms with Gasteiger partial charge in [-0.2, -0.15) is 5.10 Å². The number of alkyl halides is 1. The highest BCUT2D eigenvalue weighted by Crippen LogP contribution is 2.24. The first-order valence-electron chi connectivity index (χ1n) is 9.31. The quantitative estimate of drug-likeness (QED) is 0.791. The van der Waals surface area contributed by atoms with Crippen molar-refractivity contribution in [2.75, 3.05) is 26.2 Å². The van der Waals surface area contributed by atoms with Gasteiger partial charge in [-0.3, -0.25) is 24.5 Å². The van der Waals surface area contributed by atoms with Crippen molar-refractivity contribution in [2.24, 2.45) is 7.05 Å². The molecular weight excluding hydrogens is 363 g/mol. The van der Waals surface area contributed by atoms with E-state index in [-0.39, 0.29) is 5.91 Å². The van der Waals surface area contributed by atoms with Gasteiger partial charge in [-0.25, -0.2) is 4.39 Å². The summed E-state index contributed by atoms with van der Waals surface area (Å²) in [6.45, 7) is 2.15. The van der Waals surface area contributed by atoms with Gasteiger partial charge in [0, 0.05) is 39.4 Å². The van der Waals surface area contributed by atoms with Gasteiger partial charge in [0.1, 0.15) is 12.0 Å². The average molecular weight is 386 g/mol. The van der Waals surface area contributed by atoms with E-state index in [0.717, 1.165) is 5.56 Å². The maximum absolute atomic E-state index is 14.5. The molecule has 148 valence electrons. The van der Waals surface area contributed by atoms with Gasteiger partial charge in [-0.1, -0.05) is 30.3 Å². The number of nitrogens with zero attached hydrogens (tertiary/aromatic N) is 4. The minimum atomic E-state index is -1.65. The van der Waals surface area contributed by atoms with Crippen molar-refractivity contribution < 1.29 is 14.0 Å². The molecule has 2 saturated heterocycles. The Morgan fingerprint density at radius 3 is 2.50 bits per heavy atom. The van der Waals surface area contributed by atoms with Gasteiger partial charge in [0.15, 0.2) is 6.17 Å². The minimum absolute atomic E-state index is 0.105. The Labute approximate surface area is 162 Å². The third-order valence-electron chi connectivity index (χ3n) is 5.22. The molecule has 3 heterocycles. The Morgan fingerprint density at radius 1 is 1.14 bits per heavy atom. The average Bonchev–Trinajstić information content (AvgIpc) is 3.16. The molecule has 2 N–H and O–H groups in total. The molecule has 9 heteroatoms. The van der Waals surface area contributed by atoms with E-state index in [9.17, 15) is 14.0 Å². The van der Waals surface area contributed by atoms with Crippen molar-refractivity contribution >= 4 is 11.8 Å². The summed E-state index contributed by atoms with van der Waals surface area (Å²) in [5.41, 5.74) is 1.16. The summed E-state index contributed by atoms with van der Waals surface area (Å²) in [5.74, 6) is -0.725. The molecule has 4 rings (SSSR count). The highest BCUT2D eigenvalue weighted by Gasteiger charge is 2.40. The van der Waals surface area contributed by atoms with E-state index in [4.69, 9.17) is 0 Å². The number of benzene rings is 1. The van der Waals surface area contributed by atoms with Crippen molar-refractivity contribution in [1.82, 2.24) is 30.2 Å². The second-order valence-corrected chi connectivity index (χ2v) is 7.07. The third-order valence-corrected chi connectivity index (χ3v) is 5.22. The van der Waals surface area contributed by atoms with Gasteiger partial charge in [0.05, 0.1) is 6.04 Å². The van der Waals surface area contributed by atoms with Crippen molar-refractivity contribution in [1.29, 1.82) is 0 Å². The number of piperazine rings is 1. The molecule has 3 unspecified atom stereocenters. The smallest absolute Gasteiger partial charge is 0.274 e. The van der Waals surface area contributed by atoms with Crippen molar-refractivity contribution in [3.63, 3.8) is 0 Å². The maximum Gasteiger partial charge on any atom is 0.274 e. The van der Waals surface area contributed by atoms with E-state index in [0.29, 0.717) is 31.9 Å². The monoisotopic (exact) mass is 386 g/mol. The number of nitrogens with one attached hydrogen (secondary N) is 2. The van der Waals surface area contributed by atoms with E-state index in [1.165, 1.54) is 0 Å². The largest absolute Gasteiger partial charge is 0.335 e. The predicted molar refractivity (Wildman–Crippen MR) is 99.8 cm³/mol. The van der Waals surface area contributed by atoms with E-state index < -0.39 is 24.4 Å². The number of aromatic nitrogens is 2. The zero-order valence-electron chi connectivity index (χ0n) is 15.6. The number of rotatable bonds is 3. The molecule has 2 aliphatic rings. The lowest BCUT2D eigenvalue weighted by molar-refractivity contribution is -0.134. The molecule has 0 saturated carbocycles. The normalized spacial score (nSPS) is 26.1. The van der Waals surface area contributed by atoms with E-state index >= 15 is 0 Å². The van der Waals surface area contributed by atoms with Gasteiger partial charge >= 0.3 is 0 Å². The van der Waals surface area contributed by atoms with Crippen LogP contribution in [0.15, 0.2) is 42.6 Å². The summed E-state index contributed by atoms with van der Waals surface area (Å²) in [5, 5.41) is 10.1. The van der Waals surface area contributed by atoms with Crippen molar-refractivity contribution in [2.45, 2.75) is 18.5 Å². The zero-order valence-corrected chi connectivity index (χ0v) is 15.6. The minimum Gasteiger partial charge on any atom is -0.335 e. The van der Waals surface area contributed by atoms with Crippen molar-refractivity contribution in [3.05, 3.63) is 53.9 Å². The number of amides is 2. The Balaban J connectivity index is 1.40. The summed E-state index contributed by atoms with van der Waals surface area (Å²) >= 11 is 0. The zero-order chi connectivity index (χ0) is 19.7. The summed E-state index contributed by atoms with van der Waals surface area (Å²) in [4.78, 5) is 28.4. The molecule has 0 aliphatic carbocycles. The van der Waals surface area contributed by atoms with Crippen LogP contribution in [0.1, 0.15) is 22.1 Å². The fraction of sp³-hybridized carbons (Fsp3) is 0.421. The van der Waals surface area contributed by atoms with Crippen molar-refractivity contribution in [3.8, 4) is 0 Å². The number of hydrogen-bond acceptors (Lipinski definition) is 5. The molecule has 0 spiro atoms. The molecule has 1 aromatic carbocycles. The lowest BCUT2D eigenvalue weighted by atomic mass is 10.00. The first-order valence-corrected chi connectivity index (χ1v) is 9.31. The van der Waals surface area contributed by atoms with E-state index in [1.807, 2.05) is 35.2 Å². The van der Waals surface area contributed by atoms with Crippen LogP contribution < -0.4 is 10.6 Å². The number of halogens is 1. The van der Waals surface area contributed by atoms with Crippen LogP contribution in [0.4, 0.5) is 4.39 Å². The first-order chi connectivity index (χ1) is 13.5. The molecule has 2 aliphatic heterocycles. The van der Waals surface area contributed by atoms with Gasteiger partial charge in [0.25, 0.3) is 11.8 Å². The molecule has 2 aromatic rings. The Kier molecular flexibility index (Phi) is 5.10. The van der Waals surface area contributed by atoms with Crippen LogP contribution in [-0.4, -0.2) is 70.0 Å². The van der Waals surface area contributed by atoms with E-state index in [1.54, 1.807) is 28.9 Å². The summed E-state index contributed by atoms with van der Waals surface area (Å²) < 4.78 is 16.1. The van der Waals surface area contributed by atoms with Gasteiger partial charge in [-0.15, -0.1) is 0 Å². The highest BCUT2D eigenvalue weighted by molar-refractivity contribution is 5.92. The molecule has 8 nitrogen and oxygen atoms in total. The van der Waals surface area contributed by atoms with Gasteiger partial charge in [0.2, 0.25) is 0 Å². The Hall–Kier alpha value is -2.78. The van der Waals surface area contributed by atoms with E-state index in [2.05, 4.69) is 15.7 Å². The predicted octanol–water partition coefficient (Wildman–Crippen LogP) is 0.260. The molecule has 0 radical (unpaired) electrons. The molecule has 1 aromatic heterocycles. The van der Waals surface area contributed by atoms with Gasteiger partial charge < -0.3 is 10.2 Å². The highest BCUT2D eigenvalue weighted by atomic mass is 19.1. The molecule has 0 bridgehead atoms. The third kappa shape index (κ3) is 3.63. The van der Waals surface area contributed by atoms with Crippen LogP contribution >= 0.6 is 0 Å². The van der Waals surface area contributed by atoms with Crippen LogP contribution in [0.3, 0.4) is 0 Å². The number of aryl methyl sites for hydroxylation is 1. The SMILES string of the molecule is Cn1ccc(C(=O)N2CCN(C3NC(=O)C(F)C(c4ccccc4)N3)CC2)n1. The number of carbonyl (C=O) groups excluding carboxylic acids is 2. The number of hydrogen-bond donors (Lipinski definition) is 2. The second kappa shape index (κ2) is 7.69. The lowest BCUT2D eigenvalue weighted by Crippen LogP contribution is -2.67. The molecular formula is C19H23FN6O2. The topological polar surface area (TPSA) is 82.5 Å². The molecule has 2 amide bonds. The van der Waals surface area contributed by atoms with Crippen LogP contribution in [0.2, 0.25) is 0 Å².